The number of likely N-dealkylation sites (tertiary alicyclic amines) is 1. The molecule has 2 amide bonds. The number of amides is 2. The van der Waals surface area contributed by atoms with Crippen LogP contribution in [0.1, 0.15) is 24.8 Å². The fourth-order valence-corrected chi connectivity index (χ4v) is 3.46. The summed E-state index contributed by atoms with van der Waals surface area (Å²) in [6.07, 6.45) is 3.79. The summed E-state index contributed by atoms with van der Waals surface area (Å²) in [7, 11) is 1.53. The molecule has 0 spiro atoms. The summed E-state index contributed by atoms with van der Waals surface area (Å²) in [5, 5.41) is 5.01. The Morgan fingerprint density at radius 2 is 1.85 bits per heavy atom. The number of benzene rings is 2. The molecule has 0 atom stereocenters. The molecule has 0 bridgehead atoms. The van der Waals surface area contributed by atoms with Crippen LogP contribution in [-0.4, -0.2) is 43.6 Å². The van der Waals surface area contributed by atoms with Gasteiger partial charge >= 0.3 is 6.09 Å². The van der Waals surface area contributed by atoms with Crippen LogP contribution in [0.2, 0.25) is 0 Å². The number of carbonyl (C=O) groups is 2. The molecular weight excluding hydrogens is 328 g/mol. The normalized spacial score (nSPS) is 15.0. The van der Waals surface area contributed by atoms with Crippen molar-refractivity contribution in [3.8, 4) is 0 Å². The van der Waals surface area contributed by atoms with Crippen LogP contribution in [0, 0.1) is 5.92 Å². The van der Waals surface area contributed by atoms with Crippen molar-refractivity contribution in [2.24, 2.45) is 5.92 Å². The average Bonchev–Trinajstić information content (AvgIpc) is 2.70. The SMILES string of the molecule is CNC(=O)COC(=O)N1CCC(CCc2ccc3ccccc3c2)CC1. The molecule has 1 N–H and O–H groups in total. The maximum absolute atomic E-state index is 12.0. The van der Waals surface area contributed by atoms with Gasteiger partial charge in [0.25, 0.3) is 5.91 Å². The van der Waals surface area contributed by atoms with Crippen molar-refractivity contribution in [3.05, 3.63) is 48.0 Å². The van der Waals surface area contributed by atoms with E-state index in [2.05, 4.69) is 47.8 Å². The highest BCUT2D eigenvalue weighted by atomic mass is 16.6. The third-order valence-corrected chi connectivity index (χ3v) is 5.13. The topological polar surface area (TPSA) is 58.6 Å². The molecule has 0 unspecified atom stereocenters. The van der Waals surface area contributed by atoms with Gasteiger partial charge in [-0.05, 0) is 47.9 Å². The molecule has 26 heavy (non-hydrogen) atoms. The lowest BCUT2D eigenvalue weighted by Crippen LogP contribution is -2.40. The van der Waals surface area contributed by atoms with Crippen LogP contribution < -0.4 is 5.32 Å². The van der Waals surface area contributed by atoms with Gasteiger partial charge in [0.1, 0.15) is 0 Å². The first-order valence-electron chi connectivity index (χ1n) is 9.25. The molecule has 2 aromatic rings. The highest BCUT2D eigenvalue weighted by Crippen LogP contribution is 2.24. The van der Waals surface area contributed by atoms with Gasteiger partial charge in [-0.1, -0.05) is 42.5 Å². The van der Waals surface area contributed by atoms with Crippen molar-refractivity contribution in [1.82, 2.24) is 10.2 Å². The lowest BCUT2D eigenvalue weighted by molar-refractivity contribution is -0.123. The van der Waals surface area contributed by atoms with Crippen LogP contribution in [0.25, 0.3) is 10.8 Å². The monoisotopic (exact) mass is 354 g/mol. The van der Waals surface area contributed by atoms with Crippen molar-refractivity contribution in [2.75, 3.05) is 26.7 Å². The van der Waals surface area contributed by atoms with Gasteiger partial charge in [0.15, 0.2) is 6.61 Å². The van der Waals surface area contributed by atoms with E-state index in [-0.39, 0.29) is 18.6 Å². The van der Waals surface area contributed by atoms with Crippen LogP contribution in [0.15, 0.2) is 42.5 Å². The van der Waals surface area contributed by atoms with E-state index in [1.807, 2.05) is 0 Å². The Bertz CT molecular complexity index is 767. The molecule has 1 aliphatic rings. The Balaban J connectivity index is 1.43. The molecule has 3 rings (SSSR count). The third kappa shape index (κ3) is 4.75. The second-order valence-corrected chi connectivity index (χ2v) is 6.88. The van der Waals surface area contributed by atoms with Gasteiger partial charge in [0.05, 0.1) is 0 Å². The van der Waals surface area contributed by atoms with Gasteiger partial charge in [-0.25, -0.2) is 4.79 Å². The predicted octanol–water partition coefficient (Wildman–Crippen LogP) is 3.37. The van der Waals surface area contributed by atoms with E-state index in [0.29, 0.717) is 19.0 Å². The van der Waals surface area contributed by atoms with Crippen molar-refractivity contribution < 1.29 is 14.3 Å². The summed E-state index contributed by atoms with van der Waals surface area (Å²) < 4.78 is 5.01. The zero-order valence-electron chi connectivity index (χ0n) is 15.2. The number of ether oxygens (including phenoxy) is 1. The Morgan fingerprint density at radius 1 is 1.12 bits per heavy atom. The first kappa shape index (κ1) is 18.2. The number of aryl methyl sites for hydroxylation is 1. The van der Waals surface area contributed by atoms with Crippen LogP contribution in [0.3, 0.4) is 0 Å². The number of hydrogen-bond donors (Lipinski definition) is 1. The van der Waals surface area contributed by atoms with Crippen LogP contribution >= 0.6 is 0 Å². The van der Waals surface area contributed by atoms with Gasteiger partial charge < -0.3 is 15.0 Å². The fourth-order valence-electron chi connectivity index (χ4n) is 3.46. The minimum Gasteiger partial charge on any atom is -0.439 e. The third-order valence-electron chi connectivity index (χ3n) is 5.13. The van der Waals surface area contributed by atoms with E-state index < -0.39 is 0 Å². The van der Waals surface area contributed by atoms with E-state index in [4.69, 9.17) is 4.74 Å². The molecule has 1 heterocycles. The zero-order chi connectivity index (χ0) is 18.4. The molecule has 5 heteroatoms. The molecule has 1 saturated heterocycles. The molecule has 1 fully saturated rings. The summed E-state index contributed by atoms with van der Waals surface area (Å²) in [4.78, 5) is 24.8. The number of carbonyl (C=O) groups excluding carboxylic acids is 2. The van der Waals surface area contributed by atoms with E-state index in [0.717, 1.165) is 25.7 Å². The molecular formula is C21H26N2O3. The van der Waals surface area contributed by atoms with Crippen molar-refractivity contribution in [3.63, 3.8) is 0 Å². The standard InChI is InChI=1S/C21H26N2O3/c1-22-20(24)15-26-21(25)23-12-10-16(11-13-23)6-7-17-8-9-18-4-2-3-5-19(18)14-17/h2-5,8-9,14,16H,6-7,10-13,15H2,1H3,(H,22,24). The Labute approximate surface area is 154 Å². The van der Waals surface area contributed by atoms with E-state index >= 15 is 0 Å². The number of rotatable bonds is 5. The summed E-state index contributed by atoms with van der Waals surface area (Å²) in [6.45, 7) is 1.20. The van der Waals surface area contributed by atoms with Gasteiger partial charge in [-0.2, -0.15) is 0 Å². The minimum atomic E-state index is -0.387. The average molecular weight is 354 g/mol. The fraction of sp³-hybridized carbons (Fsp3) is 0.429. The van der Waals surface area contributed by atoms with Crippen molar-refractivity contribution in [2.45, 2.75) is 25.7 Å². The maximum Gasteiger partial charge on any atom is 0.410 e. The predicted molar refractivity (Wildman–Crippen MR) is 102 cm³/mol. The highest BCUT2D eigenvalue weighted by molar-refractivity contribution is 5.83. The van der Waals surface area contributed by atoms with Crippen LogP contribution in [0.4, 0.5) is 4.79 Å². The highest BCUT2D eigenvalue weighted by Gasteiger charge is 2.24. The number of hydrogen-bond acceptors (Lipinski definition) is 3. The Hall–Kier alpha value is -2.56. The Kier molecular flexibility index (Phi) is 6.10. The largest absolute Gasteiger partial charge is 0.439 e. The minimum absolute atomic E-state index is 0.211. The lowest BCUT2D eigenvalue weighted by atomic mass is 9.90. The maximum atomic E-state index is 12.0. The Morgan fingerprint density at radius 3 is 2.58 bits per heavy atom. The molecule has 1 aliphatic heterocycles. The zero-order valence-corrected chi connectivity index (χ0v) is 15.2. The van der Waals surface area contributed by atoms with E-state index in [1.165, 1.54) is 23.4 Å². The number of nitrogens with one attached hydrogen (secondary N) is 1. The van der Waals surface area contributed by atoms with Gasteiger partial charge in [-0.15, -0.1) is 0 Å². The molecule has 138 valence electrons. The van der Waals surface area contributed by atoms with Gasteiger partial charge in [-0.3, -0.25) is 4.79 Å². The van der Waals surface area contributed by atoms with Gasteiger partial charge in [0.2, 0.25) is 0 Å². The number of piperidine rings is 1. The smallest absolute Gasteiger partial charge is 0.410 e. The van der Waals surface area contributed by atoms with E-state index in [9.17, 15) is 9.59 Å². The molecule has 2 aromatic carbocycles. The molecule has 0 aliphatic carbocycles. The number of likely N-dealkylation sites (N-methyl/N-ethyl adjacent to an activating group) is 1. The number of fused-ring (bicyclic) bond motifs is 1. The second-order valence-electron chi connectivity index (χ2n) is 6.88. The summed E-state index contributed by atoms with van der Waals surface area (Å²) in [5.74, 6) is 0.341. The first-order valence-corrected chi connectivity index (χ1v) is 9.25. The van der Waals surface area contributed by atoms with Crippen molar-refractivity contribution >= 4 is 22.8 Å². The van der Waals surface area contributed by atoms with Crippen LogP contribution in [-0.2, 0) is 16.0 Å². The quantitative estimate of drug-likeness (QED) is 0.896. The van der Waals surface area contributed by atoms with Gasteiger partial charge in [0, 0.05) is 20.1 Å². The van der Waals surface area contributed by atoms with E-state index in [1.54, 1.807) is 4.90 Å². The molecule has 5 nitrogen and oxygen atoms in total. The first-order chi connectivity index (χ1) is 12.7. The number of nitrogens with zero attached hydrogens (tertiary/aromatic N) is 1. The second kappa shape index (κ2) is 8.70. The van der Waals surface area contributed by atoms with Crippen LogP contribution in [0.5, 0.6) is 0 Å². The summed E-state index contributed by atoms with van der Waals surface area (Å²) in [6, 6.07) is 15.1. The lowest BCUT2D eigenvalue weighted by Gasteiger charge is -2.31. The summed E-state index contributed by atoms with van der Waals surface area (Å²) >= 11 is 0. The molecule has 0 saturated carbocycles. The molecule has 0 radical (unpaired) electrons. The molecule has 0 aromatic heterocycles. The summed E-state index contributed by atoms with van der Waals surface area (Å²) in [5.41, 5.74) is 1.37. The van der Waals surface area contributed by atoms with Crippen molar-refractivity contribution in [1.29, 1.82) is 0 Å².